The molecule has 0 spiro atoms. The Morgan fingerprint density at radius 3 is 2.67 bits per heavy atom. The summed E-state index contributed by atoms with van der Waals surface area (Å²) in [6.07, 6.45) is -3.20. The molecule has 0 fully saturated rings. The Kier molecular flexibility index (Phi) is 3.79. The molecule has 0 aliphatic heterocycles. The van der Waals surface area contributed by atoms with E-state index in [1.54, 1.807) is 23.9 Å². The summed E-state index contributed by atoms with van der Waals surface area (Å²) in [4.78, 5) is 0. The van der Waals surface area contributed by atoms with E-state index in [9.17, 15) is 13.2 Å². The van der Waals surface area contributed by atoms with Gasteiger partial charge in [-0.3, -0.25) is 0 Å². The number of rotatable bonds is 4. The Morgan fingerprint density at radius 1 is 1.47 bits per heavy atom. The van der Waals surface area contributed by atoms with Gasteiger partial charge < -0.3 is 9.88 Å². The molecule has 86 valence electrons. The second-order valence-corrected chi connectivity index (χ2v) is 3.50. The minimum Gasteiger partial charge on any atom is -0.350 e. The van der Waals surface area contributed by atoms with Crippen molar-refractivity contribution in [3.8, 4) is 0 Å². The summed E-state index contributed by atoms with van der Waals surface area (Å²) in [5, 5.41) is 3.00. The minimum absolute atomic E-state index is 0.0160. The van der Waals surface area contributed by atoms with Gasteiger partial charge in [-0.05, 0) is 26.1 Å². The third-order valence-electron chi connectivity index (χ3n) is 2.38. The van der Waals surface area contributed by atoms with E-state index in [0.717, 1.165) is 5.69 Å². The standard InChI is InChI=1S/C10H15F3N2/c1-8(14-2)9-4-3-6-15(9)7-5-10(11,12)13/h3-4,6,8,14H,5,7H2,1-2H3. The maximum Gasteiger partial charge on any atom is 0.390 e. The lowest BCUT2D eigenvalue weighted by Crippen LogP contribution is -2.19. The van der Waals surface area contributed by atoms with Gasteiger partial charge >= 0.3 is 6.18 Å². The van der Waals surface area contributed by atoms with Crippen LogP contribution >= 0.6 is 0 Å². The van der Waals surface area contributed by atoms with Crippen LogP contribution in [0, 0.1) is 0 Å². The van der Waals surface area contributed by atoms with Crippen LogP contribution in [0.3, 0.4) is 0 Å². The Labute approximate surface area is 87.1 Å². The summed E-state index contributed by atoms with van der Waals surface area (Å²) < 4.78 is 37.7. The lowest BCUT2D eigenvalue weighted by molar-refractivity contribution is -0.136. The van der Waals surface area contributed by atoms with Gasteiger partial charge in [0, 0.05) is 24.5 Å². The molecule has 0 aliphatic rings. The van der Waals surface area contributed by atoms with Crippen molar-refractivity contribution in [3.63, 3.8) is 0 Å². The Bertz CT molecular complexity index is 304. The number of hydrogen-bond acceptors (Lipinski definition) is 1. The SMILES string of the molecule is CNC(C)c1cccn1CCC(F)(F)F. The highest BCUT2D eigenvalue weighted by molar-refractivity contribution is 5.11. The summed E-state index contributed by atoms with van der Waals surface area (Å²) >= 11 is 0. The fourth-order valence-electron chi connectivity index (χ4n) is 1.42. The van der Waals surface area contributed by atoms with E-state index < -0.39 is 12.6 Å². The molecule has 2 nitrogen and oxygen atoms in total. The van der Waals surface area contributed by atoms with Crippen molar-refractivity contribution >= 4 is 0 Å². The molecule has 0 aliphatic carbocycles. The first kappa shape index (κ1) is 12.1. The van der Waals surface area contributed by atoms with Crippen molar-refractivity contribution in [2.45, 2.75) is 32.1 Å². The van der Waals surface area contributed by atoms with Gasteiger partial charge in [-0.25, -0.2) is 0 Å². The zero-order valence-electron chi connectivity index (χ0n) is 8.80. The average molecular weight is 220 g/mol. The summed E-state index contributed by atoms with van der Waals surface area (Å²) in [5.41, 5.74) is 0.877. The first-order chi connectivity index (χ1) is 6.94. The summed E-state index contributed by atoms with van der Waals surface area (Å²) in [6, 6.07) is 3.66. The first-order valence-electron chi connectivity index (χ1n) is 4.83. The lowest BCUT2D eigenvalue weighted by atomic mass is 10.2. The summed E-state index contributed by atoms with van der Waals surface area (Å²) in [6.45, 7) is 1.90. The molecule has 0 amide bonds. The topological polar surface area (TPSA) is 17.0 Å². The average Bonchev–Trinajstić information content (AvgIpc) is 2.60. The summed E-state index contributed by atoms with van der Waals surface area (Å²) in [7, 11) is 1.78. The van der Waals surface area contributed by atoms with Gasteiger partial charge in [-0.2, -0.15) is 13.2 Å². The van der Waals surface area contributed by atoms with Crippen LogP contribution in [-0.4, -0.2) is 17.8 Å². The molecule has 1 rings (SSSR count). The minimum atomic E-state index is -4.09. The number of alkyl halides is 3. The van der Waals surface area contributed by atoms with Gasteiger partial charge in [-0.1, -0.05) is 0 Å². The third-order valence-corrected chi connectivity index (χ3v) is 2.38. The number of aryl methyl sites for hydroxylation is 1. The molecule has 1 N–H and O–H groups in total. The van der Waals surface area contributed by atoms with E-state index >= 15 is 0 Å². The van der Waals surface area contributed by atoms with E-state index in [1.165, 1.54) is 0 Å². The zero-order valence-corrected chi connectivity index (χ0v) is 8.80. The van der Waals surface area contributed by atoms with E-state index in [2.05, 4.69) is 5.32 Å². The quantitative estimate of drug-likeness (QED) is 0.825. The Morgan fingerprint density at radius 2 is 2.13 bits per heavy atom. The van der Waals surface area contributed by atoms with Crippen molar-refractivity contribution in [3.05, 3.63) is 24.0 Å². The molecule has 0 saturated carbocycles. The smallest absolute Gasteiger partial charge is 0.350 e. The predicted molar refractivity (Wildman–Crippen MR) is 52.6 cm³/mol. The third kappa shape index (κ3) is 3.58. The van der Waals surface area contributed by atoms with Crippen molar-refractivity contribution in [2.24, 2.45) is 0 Å². The normalized spacial score (nSPS) is 14.2. The van der Waals surface area contributed by atoms with Crippen LogP contribution in [0.15, 0.2) is 18.3 Å². The van der Waals surface area contributed by atoms with Crippen LogP contribution in [0.2, 0.25) is 0 Å². The Balaban J connectivity index is 2.65. The van der Waals surface area contributed by atoms with Gasteiger partial charge in [0.15, 0.2) is 0 Å². The van der Waals surface area contributed by atoms with E-state index in [4.69, 9.17) is 0 Å². The van der Waals surface area contributed by atoms with Gasteiger partial charge in [0.05, 0.1) is 6.42 Å². The molecule has 5 heteroatoms. The van der Waals surface area contributed by atoms with Crippen LogP contribution in [0.25, 0.3) is 0 Å². The van der Waals surface area contributed by atoms with Gasteiger partial charge in [0.25, 0.3) is 0 Å². The molecule has 0 radical (unpaired) electrons. The molecular weight excluding hydrogens is 205 g/mol. The zero-order chi connectivity index (χ0) is 11.5. The highest BCUT2D eigenvalue weighted by Crippen LogP contribution is 2.22. The van der Waals surface area contributed by atoms with Crippen molar-refractivity contribution in [1.29, 1.82) is 0 Å². The number of halogens is 3. The van der Waals surface area contributed by atoms with Gasteiger partial charge in [0.2, 0.25) is 0 Å². The molecule has 1 aromatic heterocycles. The largest absolute Gasteiger partial charge is 0.390 e. The molecule has 1 heterocycles. The maximum atomic E-state index is 12.0. The van der Waals surface area contributed by atoms with E-state index in [1.807, 2.05) is 13.0 Å². The highest BCUT2D eigenvalue weighted by atomic mass is 19.4. The fourth-order valence-corrected chi connectivity index (χ4v) is 1.42. The summed E-state index contributed by atoms with van der Waals surface area (Å²) in [5.74, 6) is 0. The van der Waals surface area contributed by atoms with Crippen LogP contribution in [0.1, 0.15) is 25.1 Å². The van der Waals surface area contributed by atoms with Crippen LogP contribution in [-0.2, 0) is 6.54 Å². The van der Waals surface area contributed by atoms with Crippen molar-refractivity contribution < 1.29 is 13.2 Å². The second-order valence-electron chi connectivity index (χ2n) is 3.50. The van der Waals surface area contributed by atoms with Crippen molar-refractivity contribution in [1.82, 2.24) is 9.88 Å². The molecule has 0 bridgehead atoms. The number of hydrogen-bond donors (Lipinski definition) is 1. The van der Waals surface area contributed by atoms with Crippen LogP contribution < -0.4 is 5.32 Å². The lowest BCUT2D eigenvalue weighted by Gasteiger charge is -2.15. The van der Waals surface area contributed by atoms with E-state index in [0.29, 0.717) is 0 Å². The molecule has 0 aromatic carbocycles. The predicted octanol–water partition coefficient (Wildman–Crippen LogP) is 2.72. The number of nitrogens with one attached hydrogen (secondary N) is 1. The monoisotopic (exact) mass is 220 g/mol. The first-order valence-corrected chi connectivity index (χ1v) is 4.83. The molecule has 1 aromatic rings. The van der Waals surface area contributed by atoms with Gasteiger partial charge in [-0.15, -0.1) is 0 Å². The molecule has 1 atom stereocenters. The molecule has 15 heavy (non-hydrogen) atoms. The molecular formula is C10H15F3N2. The maximum absolute atomic E-state index is 12.0. The number of nitrogens with zero attached hydrogens (tertiary/aromatic N) is 1. The highest BCUT2D eigenvalue weighted by Gasteiger charge is 2.27. The fraction of sp³-hybridized carbons (Fsp3) is 0.600. The van der Waals surface area contributed by atoms with E-state index in [-0.39, 0.29) is 12.6 Å². The van der Waals surface area contributed by atoms with Gasteiger partial charge in [0.1, 0.15) is 0 Å². The van der Waals surface area contributed by atoms with Crippen molar-refractivity contribution in [2.75, 3.05) is 7.05 Å². The van der Waals surface area contributed by atoms with Crippen LogP contribution in [0.5, 0.6) is 0 Å². The number of aromatic nitrogens is 1. The van der Waals surface area contributed by atoms with Crippen LogP contribution in [0.4, 0.5) is 13.2 Å². The second kappa shape index (κ2) is 4.70. The molecule has 1 unspecified atom stereocenters. The molecule has 0 saturated heterocycles. The Hall–Kier alpha value is -0.970.